The zero-order valence-corrected chi connectivity index (χ0v) is 14.9. The maximum atomic E-state index is 12.3. The summed E-state index contributed by atoms with van der Waals surface area (Å²) in [5.74, 6) is 0.665. The fraction of sp³-hybridized carbons (Fsp3) is 0.333. The molecule has 7 heteroatoms. The van der Waals surface area contributed by atoms with E-state index in [4.69, 9.17) is 16.3 Å². The number of amides is 2. The monoisotopic (exact) mass is 360 g/mol. The number of piperazine rings is 1. The molecule has 1 saturated heterocycles. The summed E-state index contributed by atoms with van der Waals surface area (Å²) >= 11 is 6.20. The highest BCUT2D eigenvalue weighted by Gasteiger charge is 2.21. The number of aromatic nitrogens is 1. The number of anilines is 1. The molecule has 1 aliphatic heterocycles. The molecule has 1 fully saturated rings. The minimum Gasteiger partial charge on any atom is -0.495 e. The van der Waals surface area contributed by atoms with Crippen molar-refractivity contribution < 1.29 is 9.53 Å². The highest BCUT2D eigenvalue weighted by atomic mass is 35.5. The summed E-state index contributed by atoms with van der Waals surface area (Å²) < 4.78 is 5.18. The third-order valence-electron chi connectivity index (χ3n) is 4.21. The lowest BCUT2D eigenvalue weighted by Crippen LogP contribution is -2.51. The first-order chi connectivity index (χ1) is 12.2. The summed E-state index contributed by atoms with van der Waals surface area (Å²) in [6.07, 6.45) is 1.72. The number of nitrogens with one attached hydrogen (secondary N) is 1. The Morgan fingerprint density at radius 3 is 2.68 bits per heavy atom. The zero-order chi connectivity index (χ0) is 17.6. The molecule has 1 N–H and O–H groups in total. The van der Waals surface area contributed by atoms with Crippen molar-refractivity contribution in [2.45, 2.75) is 6.54 Å². The molecule has 132 valence electrons. The van der Waals surface area contributed by atoms with Crippen molar-refractivity contribution in [3.05, 3.63) is 53.3 Å². The lowest BCUT2D eigenvalue weighted by atomic mass is 10.2. The fourth-order valence-corrected chi connectivity index (χ4v) is 3.05. The van der Waals surface area contributed by atoms with Crippen LogP contribution in [0.2, 0.25) is 5.02 Å². The third-order valence-corrected chi connectivity index (χ3v) is 4.51. The Morgan fingerprint density at radius 2 is 2.04 bits per heavy atom. The van der Waals surface area contributed by atoms with Gasteiger partial charge in [0.05, 0.1) is 24.4 Å². The number of nitrogens with zero attached hydrogens (tertiary/aromatic N) is 3. The molecule has 25 heavy (non-hydrogen) atoms. The van der Waals surface area contributed by atoms with Gasteiger partial charge < -0.3 is 19.9 Å². The van der Waals surface area contributed by atoms with Gasteiger partial charge in [-0.3, -0.25) is 4.98 Å². The Labute approximate surface area is 152 Å². The second-order valence-corrected chi connectivity index (χ2v) is 6.18. The summed E-state index contributed by atoms with van der Waals surface area (Å²) in [7, 11) is 1.60. The molecule has 2 aromatic rings. The minimum absolute atomic E-state index is 0.0573. The molecule has 0 bridgehead atoms. The first-order valence-corrected chi connectivity index (χ1v) is 8.56. The van der Waals surface area contributed by atoms with Gasteiger partial charge in [0, 0.05) is 38.1 Å². The van der Waals surface area contributed by atoms with Crippen molar-refractivity contribution in [1.82, 2.24) is 15.2 Å². The van der Waals surface area contributed by atoms with E-state index in [2.05, 4.69) is 15.2 Å². The quantitative estimate of drug-likeness (QED) is 0.910. The van der Waals surface area contributed by atoms with E-state index >= 15 is 0 Å². The number of carbonyl (C=O) groups is 1. The van der Waals surface area contributed by atoms with Gasteiger partial charge in [0.25, 0.3) is 0 Å². The predicted molar refractivity (Wildman–Crippen MR) is 98.3 cm³/mol. The van der Waals surface area contributed by atoms with Crippen molar-refractivity contribution in [2.75, 3.05) is 38.2 Å². The maximum Gasteiger partial charge on any atom is 0.317 e. The molecular formula is C18H21ClN4O2. The van der Waals surface area contributed by atoms with Crippen LogP contribution in [-0.2, 0) is 6.54 Å². The second kappa shape index (κ2) is 8.07. The lowest BCUT2D eigenvalue weighted by molar-refractivity contribution is 0.194. The molecule has 0 radical (unpaired) electrons. The smallest absolute Gasteiger partial charge is 0.317 e. The Kier molecular flexibility index (Phi) is 5.60. The summed E-state index contributed by atoms with van der Waals surface area (Å²) in [5, 5.41) is 3.51. The van der Waals surface area contributed by atoms with Crippen LogP contribution in [-0.4, -0.2) is 49.2 Å². The molecule has 1 aromatic heterocycles. The van der Waals surface area contributed by atoms with Crippen LogP contribution in [0, 0.1) is 0 Å². The number of hydrogen-bond donors (Lipinski definition) is 1. The summed E-state index contributed by atoms with van der Waals surface area (Å²) in [4.78, 5) is 20.5. The fourth-order valence-electron chi connectivity index (χ4n) is 2.80. The van der Waals surface area contributed by atoms with E-state index in [0.29, 0.717) is 30.4 Å². The molecule has 0 unspecified atom stereocenters. The predicted octanol–water partition coefficient (Wildman–Crippen LogP) is 2.78. The van der Waals surface area contributed by atoms with Gasteiger partial charge in [-0.1, -0.05) is 17.7 Å². The normalized spacial score (nSPS) is 14.3. The average Bonchev–Trinajstić information content (AvgIpc) is 2.67. The first-order valence-electron chi connectivity index (χ1n) is 8.18. The summed E-state index contributed by atoms with van der Waals surface area (Å²) in [5.41, 5.74) is 1.89. The zero-order valence-electron chi connectivity index (χ0n) is 14.1. The number of methoxy groups -OCH3 is 1. The van der Waals surface area contributed by atoms with Gasteiger partial charge in [0.1, 0.15) is 5.75 Å². The molecule has 2 heterocycles. The van der Waals surface area contributed by atoms with E-state index in [1.54, 1.807) is 13.3 Å². The second-order valence-electron chi connectivity index (χ2n) is 5.77. The molecule has 0 saturated carbocycles. The molecule has 2 amide bonds. The molecule has 6 nitrogen and oxygen atoms in total. The highest BCUT2D eigenvalue weighted by Crippen LogP contribution is 2.29. The van der Waals surface area contributed by atoms with Gasteiger partial charge >= 0.3 is 6.03 Å². The highest BCUT2D eigenvalue weighted by molar-refractivity contribution is 6.32. The number of carbonyl (C=O) groups excluding carboxylic acids is 1. The Hall–Kier alpha value is -2.47. The van der Waals surface area contributed by atoms with E-state index in [0.717, 1.165) is 24.5 Å². The Balaban J connectivity index is 1.51. The van der Waals surface area contributed by atoms with Gasteiger partial charge in [0.15, 0.2) is 0 Å². The number of halogens is 1. The van der Waals surface area contributed by atoms with Crippen molar-refractivity contribution in [3.8, 4) is 5.75 Å². The van der Waals surface area contributed by atoms with E-state index in [-0.39, 0.29) is 6.03 Å². The van der Waals surface area contributed by atoms with Crippen LogP contribution in [0.3, 0.4) is 0 Å². The minimum atomic E-state index is -0.0573. The van der Waals surface area contributed by atoms with E-state index in [1.165, 1.54) is 0 Å². The van der Waals surface area contributed by atoms with Gasteiger partial charge in [-0.15, -0.1) is 0 Å². The Bertz CT molecular complexity index is 718. The van der Waals surface area contributed by atoms with E-state index in [1.807, 2.05) is 41.3 Å². The topological polar surface area (TPSA) is 57.7 Å². The third kappa shape index (κ3) is 4.33. The van der Waals surface area contributed by atoms with Crippen LogP contribution in [0.4, 0.5) is 10.5 Å². The van der Waals surface area contributed by atoms with Crippen LogP contribution in [0.25, 0.3) is 0 Å². The van der Waals surface area contributed by atoms with E-state index in [9.17, 15) is 4.79 Å². The van der Waals surface area contributed by atoms with Crippen molar-refractivity contribution in [2.24, 2.45) is 0 Å². The molecular weight excluding hydrogens is 340 g/mol. The summed E-state index contributed by atoms with van der Waals surface area (Å²) in [6, 6.07) is 11.4. The van der Waals surface area contributed by atoms with Gasteiger partial charge in [-0.05, 0) is 30.3 Å². The van der Waals surface area contributed by atoms with Crippen LogP contribution in [0.15, 0.2) is 42.6 Å². The molecule has 1 aromatic carbocycles. The molecule has 0 aliphatic carbocycles. The average molecular weight is 361 g/mol. The van der Waals surface area contributed by atoms with Crippen LogP contribution >= 0.6 is 11.6 Å². The lowest BCUT2D eigenvalue weighted by Gasteiger charge is -2.36. The number of hydrogen-bond acceptors (Lipinski definition) is 4. The first kappa shape index (κ1) is 17.4. The number of urea groups is 1. The van der Waals surface area contributed by atoms with Crippen molar-refractivity contribution in [3.63, 3.8) is 0 Å². The summed E-state index contributed by atoms with van der Waals surface area (Å²) in [6.45, 7) is 3.29. The van der Waals surface area contributed by atoms with Crippen LogP contribution in [0.1, 0.15) is 5.69 Å². The van der Waals surface area contributed by atoms with Gasteiger partial charge in [-0.2, -0.15) is 0 Å². The Morgan fingerprint density at radius 1 is 1.24 bits per heavy atom. The van der Waals surface area contributed by atoms with Crippen LogP contribution < -0.4 is 15.0 Å². The molecule has 3 rings (SSSR count). The van der Waals surface area contributed by atoms with Crippen LogP contribution in [0.5, 0.6) is 5.75 Å². The number of rotatable bonds is 4. The maximum absolute atomic E-state index is 12.3. The van der Waals surface area contributed by atoms with Crippen molar-refractivity contribution >= 4 is 23.3 Å². The van der Waals surface area contributed by atoms with Gasteiger partial charge in [0.2, 0.25) is 0 Å². The SMILES string of the molecule is COc1ccc(N2CCN(C(=O)NCc3ccccn3)CC2)cc1Cl. The standard InChI is InChI=1S/C18H21ClN4O2/c1-25-17-6-5-15(12-16(17)19)22-8-10-23(11-9-22)18(24)21-13-14-4-2-3-7-20-14/h2-7,12H,8-11,13H2,1H3,(H,21,24). The molecule has 0 atom stereocenters. The molecule has 1 aliphatic rings. The molecule has 0 spiro atoms. The number of ether oxygens (including phenoxy) is 1. The number of benzene rings is 1. The van der Waals surface area contributed by atoms with Crippen molar-refractivity contribution in [1.29, 1.82) is 0 Å². The van der Waals surface area contributed by atoms with Gasteiger partial charge in [-0.25, -0.2) is 4.79 Å². The van der Waals surface area contributed by atoms with E-state index < -0.39 is 0 Å². The largest absolute Gasteiger partial charge is 0.495 e. The number of pyridine rings is 1.